The topological polar surface area (TPSA) is 59.1 Å². The van der Waals surface area contributed by atoms with Crippen LogP contribution in [-0.4, -0.2) is 24.6 Å². The molecule has 0 fully saturated rings. The second kappa shape index (κ2) is 6.75. The van der Waals surface area contributed by atoms with Gasteiger partial charge in [0.1, 0.15) is 15.5 Å². The van der Waals surface area contributed by atoms with Crippen molar-refractivity contribution in [2.75, 3.05) is 11.2 Å². The van der Waals surface area contributed by atoms with Crippen molar-refractivity contribution in [2.45, 2.75) is 6.42 Å². The highest BCUT2D eigenvalue weighted by molar-refractivity contribution is 9.10. The Balaban J connectivity index is 1.97. The number of nitrogens with zero attached hydrogens (tertiary/aromatic N) is 1. The van der Waals surface area contributed by atoms with Crippen molar-refractivity contribution in [3.8, 4) is 10.6 Å². The number of thiazole rings is 1. The molecule has 0 aliphatic carbocycles. The molecule has 8 heteroatoms. The zero-order chi connectivity index (χ0) is 14.6. The van der Waals surface area contributed by atoms with Crippen LogP contribution in [0.3, 0.4) is 0 Å². The molecule has 0 saturated heterocycles. The Hall–Kier alpha value is -0.830. The van der Waals surface area contributed by atoms with Gasteiger partial charge in [0, 0.05) is 23.9 Å². The maximum absolute atomic E-state index is 12.8. The van der Waals surface area contributed by atoms with E-state index in [2.05, 4.69) is 25.6 Å². The van der Waals surface area contributed by atoms with Crippen LogP contribution in [0.2, 0.25) is 0 Å². The quantitative estimate of drug-likeness (QED) is 0.786. The Kier molecular flexibility index (Phi) is 5.25. The van der Waals surface area contributed by atoms with Crippen molar-refractivity contribution in [3.63, 3.8) is 0 Å². The van der Waals surface area contributed by atoms with E-state index in [1.165, 1.54) is 23.5 Å². The van der Waals surface area contributed by atoms with Crippen LogP contribution in [-0.2, 0) is 16.4 Å². The molecule has 1 heterocycles. The lowest BCUT2D eigenvalue weighted by molar-refractivity contribution is 0.586. The molecule has 0 aliphatic rings. The number of sulfonamides is 1. The number of alkyl halides is 1. The number of nitrogens with one attached hydrogen (secondary N) is 1. The van der Waals surface area contributed by atoms with Gasteiger partial charge in [0.25, 0.3) is 0 Å². The van der Waals surface area contributed by atoms with Crippen molar-refractivity contribution in [3.05, 3.63) is 41.2 Å². The minimum Gasteiger partial charge on any atom is -0.241 e. The number of hydrogen-bond acceptors (Lipinski definition) is 4. The number of halogens is 2. The van der Waals surface area contributed by atoms with Crippen LogP contribution >= 0.6 is 27.3 Å². The summed E-state index contributed by atoms with van der Waals surface area (Å²) in [5.41, 5.74) is 1.66. The van der Waals surface area contributed by atoms with E-state index in [1.807, 2.05) is 5.38 Å². The van der Waals surface area contributed by atoms with E-state index in [9.17, 15) is 12.8 Å². The first kappa shape index (κ1) is 15.6. The molecule has 1 aromatic heterocycles. The Labute approximate surface area is 129 Å². The van der Waals surface area contributed by atoms with Crippen molar-refractivity contribution >= 4 is 37.3 Å². The third-order valence-electron chi connectivity index (χ3n) is 2.49. The van der Waals surface area contributed by atoms with Gasteiger partial charge in [-0.2, -0.15) is 0 Å². The standard InChI is InChI=1S/C12H12BrFN2O2S2/c13-8-20(17,18)15-6-5-11-7-19-12(16-11)9-1-3-10(14)4-2-9/h1-4,7,15H,5-6,8H2. The van der Waals surface area contributed by atoms with Gasteiger partial charge in [-0.05, 0) is 24.3 Å². The van der Waals surface area contributed by atoms with Crippen LogP contribution in [0.4, 0.5) is 4.39 Å². The summed E-state index contributed by atoms with van der Waals surface area (Å²) in [6.45, 7) is 0.306. The van der Waals surface area contributed by atoms with Gasteiger partial charge in [-0.1, -0.05) is 15.9 Å². The number of rotatable bonds is 6. The van der Waals surface area contributed by atoms with Gasteiger partial charge in [0.05, 0.1) is 5.69 Å². The van der Waals surface area contributed by atoms with Gasteiger partial charge < -0.3 is 0 Å². The van der Waals surface area contributed by atoms with Crippen molar-refractivity contribution in [2.24, 2.45) is 0 Å². The van der Waals surface area contributed by atoms with E-state index in [4.69, 9.17) is 0 Å². The fourth-order valence-electron chi connectivity index (χ4n) is 1.52. The first-order valence-corrected chi connectivity index (χ1v) is 9.39. The number of hydrogen-bond donors (Lipinski definition) is 1. The summed E-state index contributed by atoms with van der Waals surface area (Å²) in [6.07, 6.45) is 0.518. The average Bonchev–Trinajstić information content (AvgIpc) is 2.88. The molecule has 0 aliphatic heterocycles. The van der Waals surface area contributed by atoms with Gasteiger partial charge in [-0.15, -0.1) is 11.3 Å². The zero-order valence-corrected chi connectivity index (χ0v) is 13.6. The zero-order valence-electron chi connectivity index (χ0n) is 10.3. The Morgan fingerprint density at radius 2 is 2.00 bits per heavy atom. The fourth-order valence-corrected chi connectivity index (χ4v) is 3.36. The Morgan fingerprint density at radius 3 is 2.65 bits per heavy atom. The third-order valence-corrected chi connectivity index (χ3v) is 6.17. The average molecular weight is 379 g/mol. The predicted octanol–water partition coefficient (Wildman–Crippen LogP) is 2.76. The van der Waals surface area contributed by atoms with Crippen molar-refractivity contribution in [1.82, 2.24) is 9.71 Å². The van der Waals surface area contributed by atoms with E-state index in [-0.39, 0.29) is 10.5 Å². The van der Waals surface area contributed by atoms with Crippen LogP contribution in [0.25, 0.3) is 10.6 Å². The Morgan fingerprint density at radius 1 is 1.30 bits per heavy atom. The van der Waals surface area contributed by atoms with Gasteiger partial charge in [-0.25, -0.2) is 22.5 Å². The molecular formula is C12H12BrFN2O2S2. The smallest absolute Gasteiger partial charge is 0.221 e. The molecule has 20 heavy (non-hydrogen) atoms. The summed E-state index contributed by atoms with van der Waals surface area (Å²) in [5, 5.41) is 2.67. The molecule has 108 valence electrons. The highest BCUT2D eigenvalue weighted by atomic mass is 79.9. The van der Waals surface area contributed by atoms with Crippen LogP contribution in [0.5, 0.6) is 0 Å². The lowest BCUT2D eigenvalue weighted by atomic mass is 10.2. The minimum atomic E-state index is -3.24. The summed E-state index contributed by atoms with van der Waals surface area (Å²) in [4.78, 5) is 4.41. The first-order chi connectivity index (χ1) is 9.50. The fraction of sp³-hybridized carbons (Fsp3) is 0.250. The SMILES string of the molecule is O=S(=O)(CBr)NCCc1csc(-c2ccc(F)cc2)n1. The molecule has 4 nitrogen and oxygen atoms in total. The molecule has 0 amide bonds. The monoisotopic (exact) mass is 378 g/mol. The third kappa shape index (κ3) is 4.34. The molecule has 0 spiro atoms. The predicted molar refractivity (Wildman–Crippen MR) is 81.9 cm³/mol. The van der Waals surface area contributed by atoms with Crippen LogP contribution in [0.1, 0.15) is 5.69 Å². The summed E-state index contributed by atoms with van der Waals surface area (Å²) in [5.74, 6) is -0.283. The number of benzene rings is 1. The highest BCUT2D eigenvalue weighted by Gasteiger charge is 2.08. The second-order valence-electron chi connectivity index (χ2n) is 4.02. The summed E-state index contributed by atoms with van der Waals surface area (Å²) < 4.78 is 37.6. The normalized spacial score (nSPS) is 11.7. The van der Waals surface area contributed by atoms with Crippen molar-refractivity contribution in [1.29, 1.82) is 0 Å². The Bertz CT molecular complexity index is 671. The van der Waals surface area contributed by atoms with Gasteiger partial charge in [0.15, 0.2) is 0 Å². The molecule has 0 atom stereocenters. The van der Waals surface area contributed by atoms with E-state index >= 15 is 0 Å². The lowest BCUT2D eigenvalue weighted by Crippen LogP contribution is -2.26. The molecular weight excluding hydrogens is 367 g/mol. The molecule has 1 aromatic carbocycles. The molecule has 0 unspecified atom stereocenters. The van der Waals surface area contributed by atoms with E-state index in [0.29, 0.717) is 13.0 Å². The van der Waals surface area contributed by atoms with Crippen LogP contribution < -0.4 is 4.72 Å². The molecule has 0 radical (unpaired) electrons. The van der Waals surface area contributed by atoms with Crippen molar-refractivity contribution < 1.29 is 12.8 Å². The maximum atomic E-state index is 12.8. The maximum Gasteiger partial charge on any atom is 0.221 e. The lowest BCUT2D eigenvalue weighted by Gasteiger charge is -2.01. The van der Waals surface area contributed by atoms with E-state index in [1.54, 1.807) is 12.1 Å². The van der Waals surface area contributed by atoms with Crippen LogP contribution in [0.15, 0.2) is 29.6 Å². The van der Waals surface area contributed by atoms with Crippen LogP contribution in [0, 0.1) is 5.82 Å². The molecule has 0 saturated carbocycles. The van der Waals surface area contributed by atoms with Gasteiger partial charge in [0.2, 0.25) is 10.0 Å². The largest absolute Gasteiger partial charge is 0.241 e. The highest BCUT2D eigenvalue weighted by Crippen LogP contribution is 2.23. The van der Waals surface area contributed by atoms with Gasteiger partial charge in [-0.3, -0.25) is 0 Å². The molecule has 0 bridgehead atoms. The molecule has 2 aromatic rings. The second-order valence-corrected chi connectivity index (χ2v) is 7.99. The first-order valence-electron chi connectivity index (χ1n) is 5.74. The summed E-state index contributed by atoms with van der Waals surface area (Å²) in [7, 11) is -3.24. The number of aromatic nitrogens is 1. The van der Waals surface area contributed by atoms with Gasteiger partial charge >= 0.3 is 0 Å². The minimum absolute atomic E-state index is 0.113. The summed E-state index contributed by atoms with van der Waals surface area (Å²) in [6, 6.07) is 6.12. The molecule has 2 rings (SSSR count). The molecule has 1 N–H and O–H groups in total. The summed E-state index contributed by atoms with van der Waals surface area (Å²) >= 11 is 4.36. The van der Waals surface area contributed by atoms with E-state index < -0.39 is 10.0 Å². The van der Waals surface area contributed by atoms with E-state index in [0.717, 1.165) is 16.3 Å².